The van der Waals surface area contributed by atoms with Gasteiger partial charge in [-0.2, -0.15) is 0 Å². The van der Waals surface area contributed by atoms with E-state index in [4.69, 9.17) is 0 Å². The maximum atomic E-state index is 13.8. The molecule has 0 N–H and O–H groups in total. The lowest BCUT2D eigenvalue weighted by molar-refractivity contribution is -0.131. The molecule has 3 nitrogen and oxygen atoms in total. The molecule has 0 aromatic heterocycles. The molecule has 0 spiro atoms. The molecule has 0 saturated carbocycles. The molecule has 1 aliphatic heterocycles. The van der Waals surface area contributed by atoms with Crippen LogP contribution in [-0.2, 0) is 17.8 Å². The van der Waals surface area contributed by atoms with Crippen molar-refractivity contribution < 1.29 is 13.6 Å². The number of carbonyl (C=O) groups excluding carboxylic acids is 1. The van der Waals surface area contributed by atoms with Gasteiger partial charge in [-0.25, -0.2) is 8.78 Å². The monoisotopic (exact) mass is 358 g/mol. The van der Waals surface area contributed by atoms with Crippen molar-refractivity contribution in [3.63, 3.8) is 0 Å². The zero-order valence-electron chi connectivity index (χ0n) is 14.8. The van der Waals surface area contributed by atoms with Gasteiger partial charge in [0.05, 0.1) is 0 Å². The Morgan fingerprint density at radius 1 is 0.923 bits per heavy atom. The van der Waals surface area contributed by atoms with Crippen LogP contribution in [0.5, 0.6) is 0 Å². The van der Waals surface area contributed by atoms with E-state index in [0.29, 0.717) is 31.5 Å². The molecule has 2 aromatic rings. The highest BCUT2D eigenvalue weighted by atomic mass is 19.1. The summed E-state index contributed by atoms with van der Waals surface area (Å²) in [5, 5.41) is 0. The maximum Gasteiger partial charge on any atom is 0.222 e. The van der Waals surface area contributed by atoms with Gasteiger partial charge in [0, 0.05) is 44.7 Å². The van der Waals surface area contributed by atoms with Crippen molar-refractivity contribution >= 4 is 5.91 Å². The number of carbonyl (C=O) groups is 1. The predicted octanol–water partition coefficient (Wildman–Crippen LogP) is 3.63. The van der Waals surface area contributed by atoms with Gasteiger partial charge in [-0.15, -0.1) is 0 Å². The van der Waals surface area contributed by atoms with Gasteiger partial charge in [-0.05, 0) is 36.6 Å². The number of hydrogen-bond acceptors (Lipinski definition) is 2. The van der Waals surface area contributed by atoms with Gasteiger partial charge < -0.3 is 4.90 Å². The van der Waals surface area contributed by atoms with Crippen LogP contribution in [0.15, 0.2) is 48.5 Å². The third-order valence-electron chi connectivity index (χ3n) is 4.83. The minimum absolute atomic E-state index is 0.127. The van der Waals surface area contributed by atoms with E-state index in [1.807, 2.05) is 17.0 Å². The summed E-state index contributed by atoms with van der Waals surface area (Å²) in [4.78, 5) is 16.6. The van der Waals surface area contributed by atoms with Gasteiger partial charge in [0.2, 0.25) is 5.91 Å². The number of hydrogen-bond donors (Lipinski definition) is 0. The first-order valence-electron chi connectivity index (χ1n) is 9.10. The summed E-state index contributed by atoms with van der Waals surface area (Å²) in [7, 11) is 0. The molecule has 1 heterocycles. The number of nitrogens with zero attached hydrogens (tertiary/aromatic N) is 2. The van der Waals surface area contributed by atoms with Crippen LogP contribution in [0.2, 0.25) is 0 Å². The molecule has 5 heteroatoms. The number of halogens is 2. The third kappa shape index (κ3) is 5.11. The van der Waals surface area contributed by atoms with Crippen LogP contribution in [0.4, 0.5) is 8.78 Å². The fraction of sp³-hybridized carbons (Fsp3) is 0.381. The second-order valence-electron chi connectivity index (χ2n) is 6.73. The van der Waals surface area contributed by atoms with Crippen LogP contribution < -0.4 is 0 Å². The topological polar surface area (TPSA) is 23.6 Å². The normalized spacial score (nSPS) is 15.7. The van der Waals surface area contributed by atoms with E-state index in [2.05, 4.69) is 4.90 Å². The van der Waals surface area contributed by atoms with Crippen LogP contribution in [0.25, 0.3) is 0 Å². The smallest absolute Gasteiger partial charge is 0.222 e. The Bertz CT molecular complexity index is 733. The van der Waals surface area contributed by atoms with Crippen molar-refractivity contribution in [3.05, 3.63) is 71.3 Å². The van der Waals surface area contributed by atoms with E-state index < -0.39 is 0 Å². The molecule has 0 unspecified atom stereocenters. The summed E-state index contributed by atoms with van der Waals surface area (Å²) < 4.78 is 26.8. The van der Waals surface area contributed by atoms with Crippen LogP contribution in [-0.4, -0.2) is 41.9 Å². The third-order valence-corrected chi connectivity index (χ3v) is 4.83. The molecule has 0 radical (unpaired) electrons. The SMILES string of the molecule is O=C(CCc1ccc(F)cc1)N1CCCN(Cc2ccccc2F)CC1. The fourth-order valence-electron chi connectivity index (χ4n) is 3.31. The molecule has 1 fully saturated rings. The van der Waals surface area contributed by atoms with Crippen LogP contribution >= 0.6 is 0 Å². The van der Waals surface area contributed by atoms with Crippen LogP contribution in [0.1, 0.15) is 24.0 Å². The minimum Gasteiger partial charge on any atom is -0.341 e. The highest BCUT2D eigenvalue weighted by Crippen LogP contribution is 2.13. The molecular weight excluding hydrogens is 334 g/mol. The van der Waals surface area contributed by atoms with E-state index in [1.54, 1.807) is 18.2 Å². The first-order chi connectivity index (χ1) is 12.6. The lowest BCUT2D eigenvalue weighted by atomic mass is 10.1. The largest absolute Gasteiger partial charge is 0.341 e. The Balaban J connectivity index is 1.49. The number of aryl methyl sites for hydroxylation is 1. The van der Waals surface area contributed by atoms with Crippen molar-refractivity contribution in [2.24, 2.45) is 0 Å². The molecule has 0 aliphatic carbocycles. The molecule has 0 atom stereocenters. The van der Waals surface area contributed by atoms with E-state index in [9.17, 15) is 13.6 Å². The van der Waals surface area contributed by atoms with Gasteiger partial charge in [0.15, 0.2) is 0 Å². The molecular formula is C21H24F2N2O. The zero-order valence-corrected chi connectivity index (χ0v) is 14.8. The molecule has 2 aromatic carbocycles. The lowest BCUT2D eigenvalue weighted by Crippen LogP contribution is -2.35. The molecule has 138 valence electrons. The van der Waals surface area contributed by atoms with Crippen molar-refractivity contribution in [1.29, 1.82) is 0 Å². The standard InChI is InChI=1S/C21H24F2N2O/c22-19-9-6-17(7-10-19)8-11-21(26)25-13-3-12-24(14-15-25)16-18-4-1-2-5-20(18)23/h1-2,4-7,9-10H,3,8,11-16H2. The summed E-state index contributed by atoms with van der Waals surface area (Å²) in [5.74, 6) is -0.311. The highest BCUT2D eigenvalue weighted by Gasteiger charge is 2.19. The average molecular weight is 358 g/mol. The van der Waals surface area contributed by atoms with Gasteiger partial charge in [0.1, 0.15) is 11.6 Å². The number of amides is 1. The van der Waals surface area contributed by atoms with Crippen molar-refractivity contribution in [2.45, 2.75) is 25.8 Å². The van der Waals surface area contributed by atoms with Crippen LogP contribution in [0, 0.1) is 11.6 Å². The van der Waals surface area contributed by atoms with E-state index in [1.165, 1.54) is 18.2 Å². The summed E-state index contributed by atoms with van der Waals surface area (Å²) in [6.45, 7) is 3.57. The van der Waals surface area contributed by atoms with Gasteiger partial charge in [-0.1, -0.05) is 30.3 Å². The zero-order chi connectivity index (χ0) is 18.4. The van der Waals surface area contributed by atoms with E-state index >= 15 is 0 Å². The summed E-state index contributed by atoms with van der Waals surface area (Å²) in [6, 6.07) is 13.1. The molecule has 1 aliphatic rings. The Hall–Kier alpha value is -2.27. The average Bonchev–Trinajstić information content (AvgIpc) is 2.89. The van der Waals surface area contributed by atoms with Crippen molar-refractivity contribution in [2.75, 3.05) is 26.2 Å². The van der Waals surface area contributed by atoms with Crippen molar-refractivity contribution in [1.82, 2.24) is 9.80 Å². The van der Waals surface area contributed by atoms with Gasteiger partial charge in [0.25, 0.3) is 0 Å². The lowest BCUT2D eigenvalue weighted by Gasteiger charge is -2.22. The molecule has 0 bridgehead atoms. The Kier molecular flexibility index (Phi) is 6.34. The number of benzene rings is 2. The van der Waals surface area contributed by atoms with Crippen molar-refractivity contribution in [3.8, 4) is 0 Å². The highest BCUT2D eigenvalue weighted by molar-refractivity contribution is 5.76. The summed E-state index contributed by atoms with van der Waals surface area (Å²) in [6.07, 6.45) is 1.93. The summed E-state index contributed by atoms with van der Waals surface area (Å²) >= 11 is 0. The Labute approximate surface area is 153 Å². The first kappa shape index (κ1) is 18.5. The number of rotatable bonds is 5. The van der Waals surface area contributed by atoms with Crippen LogP contribution in [0.3, 0.4) is 0 Å². The van der Waals surface area contributed by atoms with E-state index in [-0.39, 0.29) is 17.5 Å². The molecule has 26 heavy (non-hydrogen) atoms. The molecule has 3 rings (SSSR count). The maximum absolute atomic E-state index is 13.8. The second-order valence-corrected chi connectivity index (χ2v) is 6.73. The molecule has 1 saturated heterocycles. The minimum atomic E-state index is -0.262. The predicted molar refractivity (Wildman–Crippen MR) is 97.6 cm³/mol. The quantitative estimate of drug-likeness (QED) is 0.815. The second kappa shape index (κ2) is 8.90. The Morgan fingerprint density at radius 3 is 2.46 bits per heavy atom. The first-order valence-corrected chi connectivity index (χ1v) is 9.10. The van der Waals surface area contributed by atoms with E-state index in [0.717, 1.165) is 31.6 Å². The summed E-state index contributed by atoms with van der Waals surface area (Å²) in [5.41, 5.74) is 1.67. The molecule has 1 amide bonds. The van der Waals surface area contributed by atoms with Gasteiger partial charge >= 0.3 is 0 Å². The van der Waals surface area contributed by atoms with Gasteiger partial charge in [-0.3, -0.25) is 9.69 Å². The fourth-order valence-corrected chi connectivity index (χ4v) is 3.31. The Morgan fingerprint density at radius 2 is 1.69 bits per heavy atom.